The van der Waals surface area contributed by atoms with Crippen LogP contribution in [0.3, 0.4) is 0 Å². The van der Waals surface area contributed by atoms with Gasteiger partial charge in [0, 0.05) is 19.2 Å². The molecule has 1 amide bonds. The van der Waals surface area contributed by atoms with E-state index in [1.54, 1.807) is 12.1 Å². The van der Waals surface area contributed by atoms with Crippen molar-refractivity contribution in [3.8, 4) is 28.7 Å². The minimum Gasteiger partial charge on any atom is -0.507 e. The lowest BCUT2D eigenvalue weighted by Crippen LogP contribution is -2.35. The molecule has 1 fully saturated rings. The van der Waals surface area contributed by atoms with Crippen molar-refractivity contribution in [2.24, 2.45) is 0 Å². The first-order valence-corrected chi connectivity index (χ1v) is 10.8. The van der Waals surface area contributed by atoms with Crippen LogP contribution in [0, 0.1) is 0 Å². The zero-order valence-electron chi connectivity index (χ0n) is 20.6. The molecule has 0 saturated carbocycles. The second-order valence-electron chi connectivity index (χ2n) is 8.14. The van der Waals surface area contributed by atoms with Crippen molar-refractivity contribution in [2.75, 3.05) is 55.6 Å². The first kappa shape index (κ1) is 25.7. The Morgan fingerprint density at radius 2 is 1.60 bits per heavy atom. The summed E-state index contributed by atoms with van der Waals surface area (Å²) in [5.74, 6) is -1.07. The van der Waals surface area contributed by atoms with Crippen molar-refractivity contribution in [3.63, 3.8) is 0 Å². The van der Waals surface area contributed by atoms with Gasteiger partial charge in [0.1, 0.15) is 17.3 Å². The first-order chi connectivity index (χ1) is 16.7. The van der Waals surface area contributed by atoms with Crippen LogP contribution in [-0.2, 0) is 9.59 Å². The zero-order chi connectivity index (χ0) is 25.9. The zero-order valence-corrected chi connectivity index (χ0v) is 20.6. The van der Waals surface area contributed by atoms with Crippen LogP contribution in [0.15, 0.2) is 35.9 Å². The van der Waals surface area contributed by atoms with E-state index in [1.807, 2.05) is 19.0 Å². The van der Waals surface area contributed by atoms with E-state index in [0.717, 1.165) is 0 Å². The van der Waals surface area contributed by atoms with Crippen LogP contribution in [0.25, 0.3) is 5.76 Å². The maximum absolute atomic E-state index is 13.2. The maximum atomic E-state index is 13.2. The summed E-state index contributed by atoms with van der Waals surface area (Å²) in [6.45, 7) is 0.687. The number of rotatable bonds is 9. The van der Waals surface area contributed by atoms with E-state index in [-0.39, 0.29) is 23.4 Å². The summed E-state index contributed by atoms with van der Waals surface area (Å²) in [5.41, 5.74) is 0.296. The van der Waals surface area contributed by atoms with Gasteiger partial charge in [-0.1, -0.05) is 0 Å². The van der Waals surface area contributed by atoms with Gasteiger partial charge in [-0.15, -0.1) is 0 Å². The monoisotopic (exact) mass is 486 g/mol. The Morgan fingerprint density at radius 1 is 0.971 bits per heavy atom. The normalized spacial score (nSPS) is 17.1. The van der Waals surface area contributed by atoms with Crippen molar-refractivity contribution in [3.05, 3.63) is 47.0 Å². The minimum absolute atomic E-state index is 0.00569. The number of nitrogens with zero attached hydrogens (tertiary/aromatic N) is 2. The van der Waals surface area contributed by atoms with Crippen molar-refractivity contribution in [1.82, 2.24) is 9.80 Å². The third-order valence-electron chi connectivity index (χ3n) is 5.79. The molecule has 2 aromatic rings. The molecule has 1 saturated heterocycles. The lowest BCUT2D eigenvalue weighted by atomic mass is 9.94. The van der Waals surface area contributed by atoms with Crippen molar-refractivity contribution < 1.29 is 38.7 Å². The number of hydrogen-bond acceptors (Lipinski definition) is 9. The Hall–Kier alpha value is -3.92. The molecule has 1 atom stereocenters. The molecule has 10 heteroatoms. The van der Waals surface area contributed by atoms with E-state index in [4.69, 9.17) is 18.9 Å². The third-order valence-corrected chi connectivity index (χ3v) is 5.79. The van der Waals surface area contributed by atoms with E-state index >= 15 is 0 Å². The molecule has 0 bridgehead atoms. The van der Waals surface area contributed by atoms with Gasteiger partial charge in [0.2, 0.25) is 5.75 Å². The largest absolute Gasteiger partial charge is 0.507 e. The number of aliphatic hydroxyl groups is 1. The van der Waals surface area contributed by atoms with E-state index in [2.05, 4.69) is 0 Å². The summed E-state index contributed by atoms with van der Waals surface area (Å²) >= 11 is 0. The molecule has 35 heavy (non-hydrogen) atoms. The molecular formula is C25H30N2O8. The molecule has 188 valence electrons. The van der Waals surface area contributed by atoms with Gasteiger partial charge in [0.15, 0.2) is 11.5 Å². The molecule has 0 aliphatic carbocycles. The predicted molar refractivity (Wildman–Crippen MR) is 128 cm³/mol. The van der Waals surface area contributed by atoms with Crippen LogP contribution in [0.4, 0.5) is 0 Å². The number of ether oxygens (including phenoxy) is 4. The molecule has 0 unspecified atom stereocenters. The molecule has 0 spiro atoms. The number of ketones is 1. The minimum atomic E-state index is -0.967. The Kier molecular flexibility index (Phi) is 7.75. The van der Waals surface area contributed by atoms with Crippen molar-refractivity contribution in [2.45, 2.75) is 6.04 Å². The second-order valence-corrected chi connectivity index (χ2v) is 8.14. The van der Waals surface area contributed by atoms with Gasteiger partial charge in [0.05, 0.1) is 45.6 Å². The van der Waals surface area contributed by atoms with Gasteiger partial charge in [-0.25, -0.2) is 0 Å². The number of methoxy groups -OCH3 is 4. The van der Waals surface area contributed by atoms with E-state index in [0.29, 0.717) is 35.1 Å². The average molecular weight is 487 g/mol. The summed E-state index contributed by atoms with van der Waals surface area (Å²) in [4.78, 5) is 29.6. The predicted octanol–water partition coefficient (Wildman–Crippen LogP) is 2.41. The van der Waals surface area contributed by atoms with Gasteiger partial charge in [-0.05, 0) is 43.9 Å². The third kappa shape index (κ3) is 4.83. The number of Topliss-reactive ketones (excluding diaryl/α,β-unsaturated/α-hetero) is 1. The summed E-state index contributed by atoms with van der Waals surface area (Å²) < 4.78 is 21.4. The Bertz CT molecular complexity index is 1130. The summed E-state index contributed by atoms with van der Waals surface area (Å²) in [6.07, 6.45) is 0. The molecule has 1 aliphatic heterocycles. The van der Waals surface area contributed by atoms with Crippen LogP contribution >= 0.6 is 0 Å². The smallest absolute Gasteiger partial charge is 0.295 e. The summed E-state index contributed by atoms with van der Waals surface area (Å²) in [7, 11) is 9.52. The van der Waals surface area contributed by atoms with Crippen LogP contribution in [0.2, 0.25) is 0 Å². The van der Waals surface area contributed by atoms with Crippen LogP contribution < -0.4 is 18.9 Å². The average Bonchev–Trinajstić information content (AvgIpc) is 3.10. The highest BCUT2D eigenvalue weighted by atomic mass is 16.5. The second kappa shape index (κ2) is 10.6. The molecule has 1 heterocycles. The number of likely N-dealkylation sites (tertiary alicyclic amines) is 1. The molecule has 3 rings (SSSR count). The number of likely N-dealkylation sites (N-methyl/N-ethyl adjacent to an activating group) is 1. The number of phenols is 1. The van der Waals surface area contributed by atoms with Gasteiger partial charge in [-0.3, -0.25) is 9.59 Å². The van der Waals surface area contributed by atoms with E-state index in [1.165, 1.54) is 51.5 Å². The lowest BCUT2D eigenvalue weighted by Gasteiger charge is -2.27. The fourth-order valence-corrected chi connectivity index (χ4v) is 4.01. The van der Waals surface area contributed by atoms with Crippen molar-refractivity contribution in [1.29, 1.82) is 0 Å². The van der Waals surface area contributed by atoms with Gasteiger partial charge < -0.3 is 39.0 Å². The first-order valence-electron chi connectivity index (χ1n) is 10.8. The Balaban J connectivity index is 2.27. The Labute approximate surface area is 203 Å². The molecule has 1 aliphatic rings. The number of aliphatic hydroxyl groups excluding tert-OH is 1. The van der Waals surface area contributed by atoms with Gasteiger partial charge >= 0.3 is 0 Å². The number of amides is 1. The van der Waals surface area contributed by atoms with Crippen LogP contribution in [0.5, 0.6) is 28.7 Å². The van der Waals surface area contributed by atoms with Gasteiger partial charge in [-0.2, -0.15) is 0 Å². The SMILES string of the molecule is COc1ccc(C(O)=C2C(=O)C(=O)N(CCN(C)C)[C@@H]2c2cc(OC)c(OC)c(OC)c2)c(O)c1. The quantitative estimate of drug-likeness (QED) is 0.313. The highest BCUT2D eigenvalue weighted by Gasteiger charge is 2.46. The number of benzene rings is 2. The molecule has 2 aromatic carbocycles. The number of carbonyl (C=O) groups excluding carboxylic acids is 2. The molecule has 0 aromatic heterocycles. The molecule has 0 radical (unpaired) electrons. The standard InChI is InChI=1S/C25H30N2O8/c1-26(2)9-10-27-21(14-11-18(33-4)24(35-6)19(12-14)34-5)20(23(30)25(27)31)22(29)16-8-7-15(32-3)13-17(16)28/h7-8,11-13,21,28-29H,9-10H2,1-6H3/t21-/m1/s1. The highest BCUT2D eigenvalue weighted by Crippen LogP contribution is 2.46. The van der Waals surface area contributed by atoms with E-state index < -0.39 is 23.5 Å². The molecule has 10 nitrogen and oxygen atoms in total. The maximum Gasteiger partial charge on any atom is 0.295 e. The fraction of sp³-hybridized carbons (Fsp3) is 0.360. The van der Waals surface area contributed by atoms with Gasteiger partial charge in [0.25, 0.3) is 11.7 Å². The summed E-state index contributed by atoms with van der Waals surface area (Å²) in [6, 6.07) is 6.55. The number of phenolic OH excluding ortho intramolecular Hbond substituents is 1. The van der Waals surface area contributed by atoms with Crippen molar-refractivity contribution >= 4 is 17.4 Å². The van der Waals surface area contributed by atoms with Crippen LogP contribution in [-0.4, -0.2) is 87.3 Å². The number of hydrogen-bond donors (Lipinski definition) is 2. The van der Waals surface area contributed by atoms with E-state index in [9.17, 15) is 19.8 Å². The lowest BCUT2D eigenvalue weighted by molar-refractivity contribution is -0.140. The van der Waals surface area contributed by atoms with Crippen LogP contribution in [0.1, 0.15) is 17.2 Å². The fourth-order valence-electron chi connectivity index (χ4n) is 4.01. The number of aromatic hydroxyl groups is 1. The highest BCUT2D eigenvalue weighted by molar-refractivity contribution is 6.46. The molecular weight excluding hydrogens is 456 g/mol. The Morgan fingerprint density at radius 3 is 2.09 bits per heavy atom. The molecule has 2 N–H and O–H groups in total. The summed E-state index contributed by atoms with van der Waals surface area (Å²) in [5, 5.41) is 21.7. The number of carbonyl (C=O) groups is 2. The topological polar surface area (TPSA) is 118 Å².